The van der Waals surface area contributed by atoms with Gasteiger partial charge in [-0.25, -0.2) is 0 Å². The lowest BCUT2D eigenvalue weighted by Gasteiger charge is -2.30. The van der Waals surface area contributed by atoms with E-state index in [4.69, 9.17) is 10.5 Å². The highest BCUT2D eigenvalue weighted by atomic mass is 16.5. The molecule has 4 heteroatoms. The molecule has 3 atom stereocenters. The third-order valence-corrected chi connectivity index (χ3v) is 2.75. The molecule has 82 valence electrons. The molecule has 1 amide bonds. The standard InChI is InChI=1S/C10H20N2O2/c1-3-8(11)10(13)12-9-4-5-14-6-7(9)2/h7-9H,3-6,11H2,1-2H3,(H,12,13). The number of rotatable bonds is 3. The van der Waals surface area contributed by atoms with Gasteiger partial charge in [0.05, 0.1) is 12.6 Å². The molecule has 1 aliphatic rings. The lowest BCUT2D eigenvalue weighted by molar-refractivity contribution is -0.124. The van der Waals surface area contributed by atoms with Crippen molar-refractivity contribution in [2.45, 2.75) is 38.8 Å². The Bertz CT molecular complexity index is 197. The molecule has 0 aromatic rings. The fourth-order valence-electron chi connectivity index (χ4n) is 1.57. The van der Waals surface area contributed by atoms with Crippen LogP contribution in [0.2, 0.25) is 0 Å². The van der Waals surface area contributed by atoms with Gasteiger partial charge in [0.1, 0.15) is 0 Å². The Kier molecular flexibility index (Phi) is 4.35. The zero-order chi connectivity index (χ0) is 10.6. The molecular weight excluding hydrogens is 180 g/mol. The van der Waals surface area contributed by atoms with Gasteiger partial charge in [-0.2, -0.15) is 0 Å². The summed E-state index contributed by atoms with van der Waals surface area (Å²) in [5.74, 6) is 0.350. The normalized spacial score (nSPS) is 29.6. The molecular formula is C10H20N2O2. The van der Waals surface area contributed by atoms with Crippen molar-refractivity contribution >= 4 is 5.91 Å². The highest BCUT2D eigenvalue weighted by Gasteiger charge is 2.24. The summed E-state index contributed by atoms with van der Waals surface area (Å²) in [5.41, 5.74) is 5.64. The number of hydrogen-bond donors (Lipinski definition) is 2. The molecule has 1 aliphatic heterocycles. The molecule has 0 saturated carbocycles. The number of carbonyl (C=O) groups excluding carboxylic acids is 1. The first-order chi connectivity index (χ1) is 6.65. The number of hydrogen-bond acceptors (Lipinski definition) is 3. The monoisotopic (exact) mass is 200 g/mol. The summed E-state index contributed by atoms with van der Waals surface area (Å²) in [6.07, 6.45) is 1.58. The van der Waals surface area contributed by atoms with E-state index in [1.54, 1.807) is 0 Å². The summed E-state index contributed by atoms with van der Waals surface area (Å²) in [6.45, 7) is 5.46. The third-order valence-electron chi connectivity index (χ3n) is 2.75. The summed E-state index contributed by atoms with van der Waals surface area (Å²) in [6, 6.07) is -0.140. The smallest absolute Gasteiger partial charge is 0.237 e. The van der Waals surface area contributed by atoms with Crippen molar-refractivity contribution in [2.24, 2.45) is 11.7 Å². The molecule has 3 N–H and O–H groups in total. The SMILES string of the molecule is CCC(N)C(=O)NC1CCOCC1C. The molecule has 4 nitrogen and oxygen atoms in total. The Balaban J connectivity index is 2.38. The number of nitrogens with two attached hydrogens (primary N) is 1. The predicted octanol–water partition coefficient (Wildman–Crippen LogP) is 0.265. The van der Waals surface area contributed by atoms with Crippen molar-refractivity contribution in [1.29, 1.82) is 0 Å². The lowest BCUT2D eigenvalue weighted by Crippen LogP contribution is -2.50. The second-order valence-electron chi connectivity index (χ2n) is 3.97. The van der Waals surface area contributed by atoms with Crippen molar-refractivity contribution in [1.82, 2.24) is 5.32 Å². The summed E-state index contributed by atoms with van der Waals surface area (Å²) in [5, 5.41) is 2.98. The number of carbonyl (C=O) groups is 1. The average molecular weight is 200 g/mol. The molecule has 0 radical (unpaired) electrons. The van der Waals surface area contributed by atoms with Gasteiger partial charge < -0.3 is 15.8 Å². The first-order valence-corrected chi connectivity index (χ1v) is 5.28. The maximum atomic E-state index is 11.5. The third kappa shape index (κ3) is 2.96. The maximum Gasteiger partial charge on any atom is 0.237 e. The van der Waals surface area contributed by atoms with E-state index in [1.807, 2.05) is 6.92 Å². The van der Waals surface area contributed by atoms with E-state index < -0.39 is 0 Å². The van der Waals surface area contributed by atoms with Gasteiger partial charge in [0, 0.05) is 12.6 Å². The lowest BCUT2D eigenvalue weighted by atomic mass is 9.97. The van der Waals surface area contributed by atoms with Crippen LogP contribution in [0.25, 0.3) is 0 Å². The Morgan fingerprint density at radius 1 is 1.71 bits per heavy atom. The van der Waals surface area contributed by atoms with Crippen LogP contribution in [0.4, 0.5) is 0 Å². The Labute approximate surface area is 85.2 Å². The second-order valence-corrected chi connectivity index (χ2v) is 3.97. The first kappa shape index (κ1) is 11.5. The quantitative estimate of drug-likeness (QED) is 0.687. The summed E-state index contributed by atoms with van der Waals surface area (Å²) in [7, 11) is 0. The Morgan fingerprint density at radius 3 is 3.00 bits per heavy atom. The van der Waals surface area contributed by atoms with Gasteiger partial charge in [-0.15, -0.1) is 0 Å². The molecule has 3 unspecified atom stereocenters. The topological polar surface area (TPSA) is 64.4 Å². The molecule has 0 bridgehead atoms. The van der Waals surface area contributed by atoms with Crippen LogP contribution in [0.1, 0.15) is 26.7 Å². The van der Waals surface area contributed by atoms with Crippen LogP contribution in [0.5, 0.6) is 0 Å². The van der Waals surface area contributed by atoms with Gasteiger partial charge in [0.15, 0.2) is 0 Å². The molecule has 0 aliphatic carbocycles. The van der Waals surface area contributed by atoms with Crippen LogP contribution < -0.4 is 11.1 Å². The highest BCUT2D eigenvalue weighted by molar-refractivity contribution is 5.81. The van der Waals surface area contributed by atoms with Crippen LogP contribution in [0.3, 0.4) is 0 Å². The van der Waals surface area contributed by atoms with Gasteiger partial charge in [0.25, 0.3) is 0 Å². The highest BCUT2D eigenvalue weighted by Crippen LogP contribution is 2.13. The van der Waals surface area contributed by atoms with Crippen LogP contribution in [0.15, 0.2) is 0 Å². The number of amides is 1. The first-order valence-electron chi connectivity index (χ1n) is 5.28. The molecule has 1 saturated heterocycles. The molecule has 14 heavy (non-hydrogen) atoms. The molecule has 0 aromatic carbocycles. The summed E-state index contributed by atoms with van der Waals surface area (Å²) < 4.78 is 5.30. The summed E-state index contributed by atoms with van der Waals surface area (Å²) in [4.78, 5) is 11.5. The predicted molar refractivity (Wildman–Crippen MR) is 54.8 cm³/mol. The van der Waals surface area contributed by atoms with E-state index >= 15 is 0 Å². The van der Waals surface area contributed by atoms with Crippen LogP contribution >= 0.6 is 0 Å². The summed E-state index contributed by atoms with van der Waals surface area (Å²) >= 11 is 0. The largest absolute Gasteiger partial charge is 0.381 e. The van der Waals surface area contributed by atoms with Crippen LogP contribution in [-0.4, -0.2) is 31.2 Å². The Morgan fingerprint density at radius 2 is 2.43 bits per heavy atom. The van der Waals surface area contributed by atoms with E-state index in [1.165, 1.54) is 0 Å². The van der Waals surface area contributed by atoms with E-state index in [0.29, 0.717) is 12.3 Å². The molecule has 0 aromatic heterocycles. The number of ether oxygens (including phenoxy) is 1. The van der Waals surface area contributed by atoms with Crippen molar-refractivity contribution in [2.75, 3.05) is 13.2 Å². The van der Waals surface area contributed by atoms with Crippen molar-refractivity contribution in [3.8, 4) is 0 Å². The molecule has 1 heterocycles. The zero-order valence-electron chi connectivity index (χ0n) is 8.95. The van der Waals surface area contributed by atoms with Crippen molar-refractivity contribution < 1.29 is 9.53 Å². The van der Waals surface area contributed by atoms with E-state index in [2.05, 4.69) is 12.2 Å². The van der Waals surface area contributed by atoms with E-state index in [9.17, 15) is 4.79 Å². The minimum atomic E-state index is -0.370. The van der Waals surface area contributed by atoms with Gasteiger partial charge in [-0.05, 0) is 18.8 Å². The fourth-order valence-corrected chi connectivity index (χ4v) is 1.57. The van der Waals surface area contributed by atoms with Crippen molar-refractivity contribution in [3.63, 3.8) is 0 Å². The molecule has 1 rings (SSSR count). The van der Waals surface area contributed by atoms with Crippen LogP contribution in [-0.2, 0) is 9.53 Å². The van der Waals surface area contributed by atoms with E-state index in [-0.39, 0.29) is 18.0 Å². The van der Waals surface area contributed by atoms with Gasteiger partial charge in [-0.3, -0.25) is 4.79 Å². The van der Waals surface area contributed by atoms with Gasteiger partial charge in [0.2, 0.25) is 5.91 Å². The Hall–Kier alpha value is -0.610. The molecule has 1 fully saturated rings. The van der Waals surface area contributed by atoms with Crippen molar-refractivity contribution in [3.05, 3.63) is 0 Å². The minimum absolute atomic E-state index is 0.0359. The van der Waals surface area contributed by atoms with E-state index in [0.717, 1.165) is 19.6 Å². The van der Waals surface area contributed by atoms with Gasteiger partial charge in [-0.1, -0.05) is 13.8 Å². The average Bonchev–Trinajstić information content (AvgIpc) is 2.20. The number of nitrogens with one attached hydrogen (secondary N) is 1. The minimum Gasteiger partial charge on any atom is -0.381 e. The van der Waals surface area contributed by atoms with Crippen LogP contribution in [0, 0.1) is 5.92 Å². The fraction of sp³-hybridized carbons (Fsp3) is 0.900. The molecule has 0 spiro atoms. The van der Waals surface area contributed by atoms with Gasteiger partial charge >= 0.3 is 0 Å². The second kappa shape index (κ2) is 5.32. The maximum absolute atomic E-state index is 11.5. The zero-order valence-corrected chi connectivity index (χ0v) is 8.95.